The van der Waals surface area contributed by atoms with Crippen LogP contribution in [0, 0.1) is 5.82 Å². The molecular weight excluding hydrogens is 355 g/mol. The number of rotatable bonds is 7. The minimum absolute atomic E-state index is 0.109. The van der Waals surface area contributed by atoms with Gasteiger partial charge in [0.15, 0.2) is 11.7 Å². The first-order chi connectivity index (χ1) is 13.0. The number of aliphatic carboxylic acids is 1. The van der Waals surface area contributed by atoms with Gasteiger partial charge < -0.3 is 19.2 Å². The van der Waals surface area contributed by atoms with Crippen LogP contribution in [0.5, 0.6) is 0 Å². The summed E-state index contributed by atoms with van der Waals surface area (Å²) in [5, 5.41) is 9.04. The van der Waals surface area contributed by atoms with Gasteiger partial charge in [-0.25, -0.2) is 9.37 Å². The Labute approximate surface area is 155 Å². The van der Waals surface area contributed by atoms with Crippen LogP contribution in [0.2, 0.25) is 0 Å². The molecule has 0 radical (unpaired) electrons. The van der Waals surface area contributed by atoms with Crippen LogP contribution in [0.4, 0.5) is 4.39 Å². The number of likely N-dealkylation sites (tertiary alicyclic amines) is 1. The number of aryl methyl sites for hydroxylation is 1. The number of amides is 1. The molecular formula is C19H21FN2O5. The minimum Gasteiger partial charge on any atom is -0.481 e. The molecule has 1 aromatic heterocycles. The van der Waals surface area contributed by atoms with Gasteiger partial charge in [-0.3, -0.25) is 9.59 Å². The van der Waals surface area contributed by atoms with Crippen molar-refractivity contribution in [2.24, 2.45) is 0 Å². The Hall–Kier alpha value is -2.74. The van der Waals surface area contributed by atoms with Crippen LogP contribution in [-0.2, 0) is 20.7 Å². The van der Waals surface area contributed by atoms with Gasteiger partial charge in [0, 0.05) is 32.5 Å². The molecule has 2 atom stereocenters. The second-order valence-electron chi connectivity index (χ2n) is 6.49. The molecule has 1 amide bonds. The molecule has 1 N–H and O–H groups in total. The lowest BCUT2D eigenvalue weighted by Gasteiger charge is -2.23. The van der Waals surface area contributed by atoms with E-state index in [1.54, 1.807) is 30.2 Å². The molecule has 1 aromatic carbocycles. The number of aromatic nitrogens is 1. The van der Waals surface area contributed by atoms with Crippen LogP contribution in [0.1, 0.15) is 25.2 Å². The van der Waals surface area contributed by atoms with Crippen molar-refractivity contribution in [2.75, 3.05) is 13.7 Å². The molecule has 7 nitrogen and oxygen atoms in total. The van der Waals surface area contributed by atoms with Crippen LogP contribution in [0.25, 0.3) is 11.3 Å². The van der Waals surface area contributed by atoms with Crippen LogP contribution >= 0.6 is 0 Å². The van der Waals surface area contributed by atoms with Crippen molar-refractivity contribution in [3.05, 3.63) is 42.2 Å². The van der Waals surface area contributed by atoms with Gasteiger partial charge in [0.05, 0.1) is 24.3 Å². The third-order valence-corrected chi connectivity index (χ3v) is 4.69. The average Bonchev–Trinajstić information content (AvgIpc) is 3.26. The number of methoxy groups -OCH3 is 1. The van der Waals surface area contributed by atoms with E-state index in [0.29, 0.717) is 30.2 Å². The van der Waals surface area contributed by atoms with Gasteiger partial charge in [-0.05, 0) is 18.6 Å². The van der Waals surface area contributed by atoms with Crippen molar-refractivity contribution in [1.29, 1.82) is 0 Å². The number of carboxylic acid groups (broad SMARTS) is 1. The monoisotopic (exact) mass is 376 g/mol. The largest absolute Gasteiger partial charge is 0.481 e. The van der Waals surface area contributed by atoms with Crippen molar-refractivity contribution in [1.82, 2.24) is 9.88 Å². The van der Waals surface area contributed by atoms with Gasteiger partial charge in [0.25, 0.3) is 0 Å². The second-order valence-corrected chi connectivity index (χ2v) is 6.49. The summed E-state index contributed by atoms with van der Waals surface area (Å²) in [7, 11) is 1.55. The first kappa shape index (κ1) is 19.0. The molecule has 144 valence electrons. The lowest BCUT2D eigenvalue weighted by Crippen LogP contribution is -2.37. The number of hydrogen-bond acceptors (Lipinski definition) is 5. The van der Waals surface area contributed by atoms with Gasteiger partial charge in [-0.1, -0.05) is 12.1 Å². The Morgan fingerprint density at radius 3 is 2.89 bits per heavy atom. The number of carbonyl (C=O) groups is 2. The van der Waals surface area contributed by atoms with Gasteiger partial charge >= 0.3 is 5.97 Å². The van der Waals surface area contributed by atoms with Crippen LogP contribution < -0.4 is 0 Å². The summed E-state index contributed by atoms with van der Waals surface area (Å²) in [6.45, 7) is 0.374. The summed E-state index contributed by atoms with van der Waals surface area (Å²) in [5.74, 6) is -0.891. The quantitative estimate of drug-likeness (QED) is 0.798. The number of oxazole rings is 1. The number of ether oxygens (including phenoxy) is 1. The van der Waals surface area contributed by atoms with Crippen molar-refractivity contribution >= 4 is 11.9 Å². The molecule has 0 bridgehead atoms. The van der Waals surface area contributed by atoms with Crippen LogP contribution in [0.3, 0.4) is 0 Å². The van der Waals surface area contributed by atoms with Crippen LogP contribution in [-0.4, -0.2) is 52.7 Å². The van der Waals surface area contributed by atoms with E-state index in [0.717, 1.165) is 0 Å². The van der Waals surface area contributed by atoms with E-state index in [1.807, 2.05) is 0 Å². The lowest BCUT2D eigenvalue weighted by molar-refractivity contribution is -0.139. The lowest BCUT2D eigenvalue weighted by atomic mass is 10.1. The Kier molecular flexibility index (Phi) is 5.85. The maximum Gasteiger partial charge on any atom is 0.305 e. The number of halogens is 1. The highest BCUT2D eigenvalue weighted by atomic mass is 19.1. The molecule has 2 heterocycles. The van der Waals surface area contributed by atoms with E-state index in [-0.39, 0.29) is 37.3 Å². The highest BCUT2D eigenvalue weighted by Crippen LogP contribution is 2.25. The molecule has 1 saturated heterocycles. The number of hydrogen-bond donors (Lipinski definition) is 1. The summed E-state index contributed by atoms with van der Waals surface area (Å²) < 4.78 is 24.6. The Morgan fingerprint density at radius 1 is 1.41 bits per heavy atom. The van der Waals surface area contributed by atoms with Gasteiger partial charge in [-0.2, -0.15) is 0 Å². The van der Waals surface area contributed by atoms with Crippen molar-refractivity contribution in [2.45, 2.75) is 37.8 Å². The maximum absolute atomic E-state index is 13.8. The van der Waals surface area contributed by atoms with E-state index in [9.17, 15) is 14.0 Å². The third kappa shape index (κ3) is 4.51. The molecule has 2 unspecified atom stereocenters. The van der Waals surface area contributed by atoms with E-state index >= 15 is 0 Å². The summed E-state index contributed by atoms with van der Waals surface area (Å²) in [6.07, 6.45) is 2.05. The highest BCUT2D eigenvalue weighted by Gasteiger charge is 2.36. The average molecular weight is 376 g/mol. The maximum atomic E-state index is 13.8. The van der Waals surface area contributed by atoms with Gasteiger partial charge in [-0.15, -0.1) is 0 Å². The molecule has 1 fully saturated rings. The van der Waals surface area contributed by atoms with E-state index in [2.05, 4.69) is 4.98 Å². The number of carbonyl (C=O) groups excluding carboxylic acids is 1. The second kappa shape index (κ2) is 8.30. The highest BCUT2D eigenvalue weighted by molar-refractivity contribution is 5.78. The minimum atomic E-state index is -0.947. The fourth-order valence-corrected chi connectivity index (χ4v) is 3.31. The molecule has 1 aliphatic rings. The zero-order valence-electron chi connectivity index (χ0n) is 14.9. The van der Waals surface area contributed by atoms with E-state index < -0.39 is 11.8 Å². The molecule has 2 aromatic rings. The topological polar surface area (TPSA) is 92.9 Å². The van der Waals surface area contributed by atoms with E-state index in [1.165, 1.54) is 12.3 Å². The number of benzene rings is 1. The number of carboxylic acids is 1. The molecule has 27 heavy (non-hydrogen) atoms. The van der Waals surface area contributed by atoms with Crippen molar-refractivity contribution < 1.29 is 28.2 Å². The Morgan fingerprint density at radius 2 is 2.19 bits per heavy atom. The normalized spacial score (nSPS) is 19.4. The first-order valence-corrected chi connectivity index (χ1v) is 8.71. The van der Waals surface area contributed by atoms with Crippen molar-refractivity contribution in [3.8, 4) is 11.3 Å². The number of nitrogens with zero attached hydrogens (tertiary/aromatic N) is 2. The summed E-state index contributed by atoms with van der Waals surface area (Å²) in [6, 6.07) is 5.84. The zero-order valence-corrected chi connectivity index (χ0v) is 14.9. The summed E-state index contributed by atoms with van der Waals surface area (Å²) >= 11 is 0. The molecule has 1 aliphatic heterocycles. The first-order valence-electron chi connectivity index (χ1n) is 8.71. The molecule has 8 heteroatoms. The predicted molar refractivity (Wildman–Crippen MR) is 93.4 cm³/mol. The molecule has 0 spiro atoms. The van der Waals surface area contributed by atoms with E-state index in [4.69, 9.17) is 14.3 Å². The fourth-order valence-electron chi connectivity index (χ4n) is 3.31. The van der Waals surface area contributed by atoms with Crippen LogP contribution in [0.15, 0.2) is 34.9 Å². The Bertz CT molecular complexity index is 822. The van der Waals surface area contributed by atoms with Crippen molar-refractivity contribution in [3.63, 3.8) is 0 Å². The third-order valence-electron chi connectivity index (χ3n) is 4.69. The van der Waals surface area contributed by atoms with Gasteiger partial charge in [0.2, 0.25) is 5.91 Å². The zero-order chi connectivity index (χ0) is 19.4. The molecule has 0 saturated carbocycles. The summed E-state index contributed by atoms with van der Waals surface area (Å²) in [5.41, 5.74) is 0.312. The molecule has 3 rings (SSSR count). The predicted octanol–water partition coefficient (Wildman–Crippen LogP) is 2.50. The Balaban J connectivity index is 1.62. The summed E-state index contributed by atoms with van der Waals surface area (Å²) in [4.78, 5) is 29.2. The smallest absolute Gasteiger partial charge is 0.305 e. The molecule has 0 aliphatic carbocycles. The fraction of sp³-hybridized carbons (Fsp3) is 0.421. The van der Waals surface area contributed by atoms with Gasteiger partial charge in [0.1, 0.15) is 5.82 Å². The SMILES string of the molecule is COC1CC(CC(=O)O)N(C(=O)CCc2ncc(-c3ccccc3F)o2)C1. The standard InChI is InChI=1S/C19H21FN2O5/c1-26-13-8-12(9-19(24)25)22(11-13)18(23)7-6-17-21-10-16(27-17)14-4-2-3-5-15(14)20/h2-5,10,12-13H,6-9,11H2,1H3,(H,24,25).